The van der Waals surface area contributed by atoms with Gasteiger partial charge < -0.3 is 4.98 Å². The second-order valence-corrected chi connectivity index (χ2v) is 4.93. The zero-order chi connectivity index (χ0) is 13.0. The Labute approximate surface area is 114 Å². The lowest BCUT2D eigenvalue weighted by Gasteiger charge is -2.08. The van der Waals surface area contributed by atoms with Crippen molar-refractivity contribution in [3.63, 3.8) is 0 Å². The Kier molecular flexibility index (Phi) is 4.37. The summed E-state index contributed by atoms with van der Waals surface area (Å²) in [6.07, 6.45) is 6.63. The number of nitrogens with zero attached hydrogens (tertiary/aromatic N) is 1. The van der Waals surface area contributed by atoms with Gasteiger partial charge in [-0.25, -0.2) is 0 Å². The molecule has 2 rings (SSSR count). The molecule has 96 valence electrons. The van der Waals surface area contributed by atoms with Gasteiger partial charge in [0.25, 0.3) is 0 Å². The highest BCUT2D eigenvalue weighted by Gasteiger charge is 2.04. The van der Waals surface area contributed by atoms with Crippen LogP contribution in [0.3, 0.4) is 0 Å². The van der Waals surface area contributed by atoms with E-state index in [0.29, 0.717) is 0 Å². The van der Waals surface area contributed by atoms with Crippen molar-refractivity contribution in [3.8, 4) is 5.69 Å². The van der Waals surface area contributed by atoms with E-state index in [9.17, 15) is 0 Å². The molecule has 0 spiro atoms. The van der Waals surface area contributed by atoms with E-state index in [1.807, 2.05) is 6.20 Å². The lowest BCUT2D eigenvalue weighted by Crippen LogP contribution is -1.99. The summed E-state index contributed by atoms with van der Waals surface area (Å²) in [6, 6.07) is 8.74. The highest BCUT2D eigenvalue weighted by Crippen LogP contribution is 2.15. The topological polar surface area (TPSA) is 20.7 Å². The van der Waals surface area contributed by atoms with E-state index in [1.54, 1.807) is 0 Å². The number of hydrogen-bond acceptors (Lipinski definition) is 1. The van der Waals surface area contributed by atoms with Crippen molar-refractivity contribution in [1.82, 2.24) is 9.55 Å². The molecule has 0 radical (unpaired) electrons. The van der Waals surface area contributed by atoms with Crippen LogP contribution >= 0.6 is 12.2 Å². The van der Waals surface area contributed by atoms with Crippen LogP contribution in [0.25, 0.3) is 5.69 Å². The average Bonchev–Trinajstić information content (AvgIpc) is 2.78. The van der Waals surface area contributed by atoms with E-state index in [1.165, 1.54) is 24.1 Å². The summed E-state index contributed by atoms with van der Waals surface area (Å²) in [4.78, 5) is 3.11. The maximum Gasteiger partial charge on any atom is 0.182 e. The molecule has 0 bridgehead atoms. The molecule has 0 aliphatic heterocycles. The summed E-state index contributed by atoms with van der Waals surface area (Å²) in [7, 11) is 0. The van der Waals surface area contributed by atoms with E-state index >= 15 is 0 Å². The number of aromatic amines is 1. The summed E-state index contributed by atoms with van der Waals surface area (Å²) in [5, 5.41) is 0. The lowest BCUT2D eigenvalue weighted by atomic mass is 10.1. The molecule has 0 fully saturated rings. The van der Waals surface area contributed by atoms with Gasteiger partial charge in [0.15, 0.2) is 4.77 Å². The number of benzene rings is 1. The molecule has 1 heterocycles. The molecule has 1 N–H and O–H groups in total. The van der Waals surface area contributed by atoms with Gasteiger partial charge in [-0.3, -0.25) is 4.57 Å². The molecule has 0 unspecified atom stereocenters. The van der Waals surface area contributed by atoms with Crippen LogP contribution < -0.4 is 0 Å². The summed E-state index contributed by atoms with van der Waals surface area (Å²) in [5.74, 6) is 0. The Morgan fingerprint density at radius 3 is 2.50 bits per heavy atom. The van der Waals surface area contributed by atoms with Crippen molar-refractivity contribution in [2.45, 2.75) is 39.5 Å². The predicted octanol–water partition coefficient (Wildman–Crippen LogP) is 4.44. The van der Waals surface area contributed by atoms with Crippen molar-refractivity contribution in [1.29, 1.82) is 0 Å². The first-order chi connectivity index (χ1) is 8.76. The Morgan fingerprint density at radius 1 is 1.17 bits per heavy atom. The Hall–Kier alpha value is -1.35. The molecule has 18 heavy (non-hydrogen) atoms. The number of aromatic nitrogens is 2. The molecular weight excluding hydrogens is 240 g/mol. The van der Waals surface area contributed by atoms with Crippen LogP contribution in [0, 0.1) is 4.77 Å². The van der Waals surface area contributed by atoms with Gasteiger partial charge in [-0.1, -0.05) is 32.4 Å². The average molecular weight is 260 g/mol. The number of nitrogens with one attached hydrogen (secondary N) is 1. The molecule has 0 aliphatic rings. The minimum absolute atomic E-state index is 0.771. The summed E-state index contributed by atoms with van der Waals surface area (Å²) in [6.45, 7) is 4.37. The Bertz CT molecular complexity index is 549. The van der Waals surface area contributed by atoms with Gasteiger partial charge in [-0.2, -0.15) is 0 Å². The van der Waals surface area contributed by atoms with Crippen molar-refractivity contribution in [2.24, 2.45) is 0 Å². The van der Waals surface area contributed by atoms with Crippen LogP contribution in [0.2, 0.25) is 0 Å². The first kappa shape index (κ1) is 13.1. The van der Waals surface area contributed by atoms with E-state index in [4.69, 9.17) is 12.2 Å². The second-order valence-electron chi connectivity index (χ2n) is 4.54. The van der Waals surface area contributed by atoms with Crippen LogP contribution in [-0.4, -0.2) is 9.55 Å². The minimum atomic E-state index is 0.771. The molecule has 0 atom stereocenters. The van der Waals surface area contributed by atoms with Gasteiger partial charge in [0.05, 0.1) is 0 Å². The third-order valence-corrected chi connectivity index (χ3v) is 3.53. The normalized spacial score (nSPS) is 10.8. The van der Waals surface area contributed by atoms with Crippen LogP contribution in [0.15, 0.2) is 30.5 Å². The summed E-state index contributed by atoms with van der Waals surface area (Å²) < 4.78 is 2.88. The fourth-order valence-corrected chi connectivity index (χ4v) is 2.42. The van der Waals surface area contributed by atoms with Crippen LogP contribution in [0.5, 0.6) is 0 Å². The number of hydrogen-bond donors (Lipinski definition) is 1. The lowest BCUT2D eigenvalue weighted by molar-refractivity contribution is 0.794. The van der Waals surface area contributed by atoms with E-state index in [2.05, 4.69) is 47.7 Å². The first-order valence-electron chi connectivity index (χ1n) is 6.64. The third kappa shape index (κ3) is 2.72. The molecular formula is C15H20N2S. The molecule has 2 aromatic rings. The van der Waals surface area contributed by atoms with Crippen molar-refractivity contribution in [2.75, 3.05) is 0 Å². The highest BCUT2D eigenvalue weighted by molar-refractivity contribution is 7.71. The van der Waals surface area contributed by atoms with Gasteiger partial charge in [0.2, 0.25) is 0 Å². The molecule has 1 aromatic heterocycles. The number of H-pyrrole nitrogens is 1. The van der Waals surface area contributed by atoms with Crippen LogP contribution in [0.1, 0.15) is 37.9 Å². The SMILES string of the molecule is CCCCc1ccc(-n2c(CC)c[nH]c2=S)cc1. The van der Waals surface area contributed by atoms with Crippen molar-refractivity contribution >= 4 is 12.2 Å². The van der Waals surface area contributed by atoms with Gasteiger partial charge >= 0.3 is 0 Å². The van der Waals surface area contributed by atoms with Gasteiger partial charge in [0, 0.05) is 17.6 Å². The van der Waals surface area contributed by atoms with E-state index in [0.717, 1.165) is 23.3 Å². The van der Waals surface area contributed by atoms with E-state index in [-0.39, 0.29) is 0 Å². The van der Waals surface area contributed by atoms with E-state index < -0.39 is 0 Å². The zero-order valence-electron chi connectivity index (χ0n) is 11.1. The zero-order valence-corrected chi connectivity index (χ0v) is 11.9. The number of rotatable bonds is 5. The predicted molar refractivity (Wildman–Crippen MR) is 78.9 cm³/mol. The minimum Gasteiger partial charge on any atom is -0.337 e. The van der Waals surface area contributed by atoms with Gasteiger partial charge in [-0.15, -0.1) is 0 Å². The highest BCUT2D eigenvalue weighted by atomic mass is 32.1. The largest absolute Gasteiger partial charge is 0.337 e. The smallest absolute Gasteiger partial charge is 0.182 e. The number of imidazole rings is 1. The molecule has 1 aromatic carbocycles. The first-order valence-corrected chi connectivity index (χ1v) is 7.05. The Balaban J connectivity index is 2.28. The van der Waals surface area contributed by atoms with Crippen LogP contribution in [-0.2, 0) is 12.8 Å². The van der Waals surface area contributed by atoms with Crippen molar-refractivity contribution in [3.05, 3.63) is 46.5 Å². The molecule has 2 nitrogen and oxygen atoms in total. The standard InChI is InChI=1S/C15H20N2S/c1-3-5-6-12-7-9-14(10-8-12)17-13(4-2)11-16-15(17)18/h7-11H,3-6H2,1-2H3,(H,16,18). The quantitative estimate of drug-likeness (QED) is 0.788. The summed E-state index contributed by atoms with van der Waals surface area (Å²) >= 11 is 5.33. The van der Waals surface area contributed by atoms with Crippen LogP contribution in [0.4, 0.5) is 0 Å². The van der Waals surface area contributed by atoms with Gasteiger partial charge in [0.1, 0.15) is 0 Å². The summed E-state index contributed by atoms with van der Waals surface area (Å²) in [5.41, 5.74) is 3.78. The Morgan fingerprint density at radius 2 is 1.89 bits per heavy atom. The fraction of sp³-hybridized carbons (Fsp3) is 0.400. The molecule has 0 aliphatic carbocycles. The third-order valence-electron chi connectivity index (χ3n) is 3.23. The molecule has 0 saturated carbocycles. The number of unbranched alkanes of at least 4 members (excludes halogenated alkanes) is 1. The van der Waals surface area contributed by atoms with Crippen molar-refractivity contribution < 1.29 is 0 Å². The second kappa shape index (κ2) is 6.01. The fourth-order valence-electron chi connectivity index (χ4n) is 2.14. The monoisotopic (exact) mass is 260 g/mol. The maximum atomic E-state index is 5.33. The number of aryl methyl sites for hydroxylation is 2. The molecule has 3 heteroatoms. The molecule has 0 saturated heterocycles. The molecule has 0 amide bonds. The van der Waals surface area contributed by atoms with Gasteiger partial charge in [-0.05, 0) is 49.2 Å². The maximum absolute atomic E-state index is 5.33.